The number of Topliss-reactive ketones (excluding diaryl/α,β-unsaturated/α-hetero) is 1. The molecule has 0 saturated heterocycles. The van der Waals surface area contributed by atoms with E-state index in [0.717, 1.165) is 42.3 Å². The Morgan fingerprint density at radius 3 is 2.89 bits per heavy atom. The number of ether oxygens (including phenoxy) is 1. The standard InChI is InChI=1S/C16H19NO2/c1-17-10-14(12-5-3-4-6-16(12)18)13-9-11(19-2)7-8-15(13)17/h7-10,12H,3-6H2,1-2H3. The van der Waals surface area contributed by atoms with E-state index in [1.54, 1.807) is 7.11 Å². The molecule has 1 aromatic heterocycles. The highest BCUT2D eigenvalue weighted by molar-refractivity contribution is 5.94. The van der Waals surface area contributed by atoms with Gasteiger partial charge in [-0.25, -0.2) is 0 Å². The molecule has 0 amide bonds. The fourth-order valence-electron chi connectivity index (χ4n) is 3.12. The first kappa shape index (κ1) is 12.3. The summed E-state index contributed by atoms with van der Waals surface area (Å²) in [5.74, 6) is 1.31. The molecule has 0 aliphatic heterocycles. The first-order valence-electron chi connectivity index (χ1n) is 6.86. The number of benzene rings is 1. The number of aromatic nitrogens is 1. The van der Waals surface area contributed by atoms with Gasteiger partial charge in [0.15, 0.2) is 0 Å². The van der Waals surface area contributed by atoms with E-state index in [-0.39, 0.29) is 5.92 Å². The second-order valence-electron chi connectivity index (χ2n) is 5.34. The van der Waals surface area contributed by atoms with Gasteiger partial charge in [0.05, 0.1) is 7.11 Å². The summed E-state index contributed by atoms with van der Waals surface area (Å²) in [4.78, 5) is 12.2. The van der Waals surface area contributed by atoms with Gasteiger partial charge in [0.25, 0.3) is 0 Å². The highest BCUT2D eigenvalue weighted by atomic mass is 16.5. The fraction of sp³-hybridized carbons (Fsp3) is 0.438. The number of hydrogen-bond acceptors (Lipinski definition) is 2. The van der Waals surface area contributed by atoms with Gasteiger partial charge in [0.2, 0.25) is 0 Å². The van der Waals surface area contributed by atoms with E-state index in [2.05, 4.69) is 16.8 Å². The molecule has 1 aromatic carbocycles. The summed E-state index contributed by atoms with van der Waals surface area (Å²) in [6.07, 6.45) is 6.01. The summed E-state index contributed by atoms with van der Waals surface area (Å²) in [5, 5.41) is 1.15. The molecule has 1 saturated carbocycles. The van der Waals surface area contributed by atoms with E-state index in [9.17, 15) is 4.79 Å². The molecule has 0 bridgehead atoms. The molecule has 19 heavy (non-hydrogen) atoms. The third-order valence-corrected chi connectivity index (χ3v) is 4.16. The number of carbonyl (C=O) groups excluding carboxylic acids is 1. The van der Waals surface area contributed by atoms with E-state index in [4.69, 9.17) is 4.74 Å². The molecule has 100 valence electrons. The van der Waals surface area contributed by atoms with Crippen LogP contribution in [0.2, 0.25) is 0 Å². The number of aryl methyl sites for hydroxylation is 1. The van der Waals surface area contributed by atoms with E-state index >= 15 is 0 Å². The average molecular weight is 257 g/mol. The molecule has 0 spiro atoms. The van der Waals surface area contributed by atoms with Crippen LogP contribution >= 0.6 is 0 Å². The van der Waals surface area contributed by atoms with Crippen molar-refractivity contribution in [1.29, 1.82) is 0 Å². The monoisotopic (exact) mass is 257 g/mol. The lowest BCUT2D eigenvalue weighted by Crippen LogP contribution is -2.16. The summed E-state index contributed by atoms with van der Waals surface area (Å²) in [5.41, 5.74) is 2.33. The Bertz CT molecular complexity index is 627. The average Bonchev–Trinajstić information content (AvgIpc) is 2.76. The van der Waals surface area contributed by atoms with Crippen molar-refractivity contribution in [1.82, 2.24) is 4.57 Å². The summed E-state index contributed by atoms with van der Waals surface area (Å²) in [7, 11) is 3.71. The number of carbonyl (C=O) groups is 1. The lowest BCUT2D eigenvalue weighted by atomic mass is 9.83. The number of nitrogens with zero attached hydrogens (tertiary/aromatic N) is 1. The SMILES string of the molecule is COc1ccc2c(c1)c(C1CCCCC1=O)cn2C. The first-order chi connectivity index (χ1) is 9.20. The zero-order valence-electron chi connectivity index (χ0n) is 11.5. The minimum Gasteiger partial charge on any atom is -0.497 e. The Morgan fingerprint density at radius 1 is 1.32 bits per heavy atom. The molecule has 1 aliphatic rings. The maximum absolute atomic E-state index is 12.2. The predicted octanol–water partition coefficient (Wildman–Crippen LogP) is 3.41. The van der Waals surface area contributed by atoms with E-state index in [0.29, 0.717) is 5.78 Å². The third-order valence-electron chi connectivity index (χ3n) is 4.16. The maximum Gasteiger partial charge on any atom is 0.140 e. The van der Waals surface area contributed by atoms with Crippen molar-refractivity contribution >= 4 is 16.7 Å². The first-order valence-corrected chi connectivity index (χ1v) is 6.86. The smallest absolute Gasteiger partial charge is 0.140 e. The molecule has 3 nitrogen and oxygen atoms in total. The van der Waals surface area contributed by atoms with Crippen LogP contribution in [0.1, 0.15) is 37.2 Å². The summed E-state index contributed by atoms with van der Waals surface area (Å²) >= 11 is 0. The van der Waals surface area contributed by atoms with Crippen molar-refractivity contribution in [3.8, 4) is 5.75 Å². The molecule has 0 radical (unpaired) electrons. The molecule has 1 fully saturated rings. The summed E-state index contributed by atoms with van der Waals surface area (Å²) in [6.45, 7) is 0. The Kier molecular flexibility index (Phi) is 3.05. The molecular weight excluding hydrogens is 238 g/mol. The molecule has 2 aromatic rings. The van der Waals surface area contributed by atoms with Gasteiger partial charge in [-0.1, -0.05) is 6.42 Å². The predicted molar refractivity (Wildman–Crippen MR) is 75.7 cm³/mol. The van der Waals surface area contributed by atoms with E-state index in [1.165, 1.54) is 5.56 Å². The molecule has 1 unspecified atom stereocenters. The van der Waals surface area contributed by atoms with Crippen molar-refractivity contribution in [2.45, 2.75) is 31.6 Å². The molecule has 3 heteroatoms. The molecule has 1 aliphatic carbocycles. The Labute approximate surface area is 113 Å². The van der Waals surface area contributed by atoms with Crippen molar-refractivity contribution < 1.29 is 9.53 Å². The second-order valence-corrected chi connectivity index (χ2v) is 5.34. The van der Waals surface area contributed by atoms with Gasteiger partial charge < -0.3 is 9.30 Å². The van der Waals surface area contributed by atoms with Crippen molar-refractivity contribution in [2.24, 2.45) is 7.05 Å². The van der Waals surface area contributed by atoms with Gasteiger partial charge in [0.1, 0.15) is 11.5 Å². The minimum atomic E-state index is 0.0737. The quantitative estimate of drug-likeness (QED) is 0.825. The van der Waals surface area contributed by atoms with Gasteiger partial charge in [-0.15, -0.1) is 0 Å². The lowest BCUT2D eigenvalue weighted by molar-refractivity contribution is -0.121. The Morgan fingerprint density at radius 2 is 2.16 bits per heavy atom. The maximum atomic E-state index is 12.2. The van der Waals surface area contributed by atoms with Gasteiger partial charge in [-0.3, -0.25) is 4.79 Å². The van der Waals surface area contributed by atoms with Gasteiger partial charge in [0, 0.05) is 36.5 Å². The summed E-state index contributed by atoms with van der Waals surface area (Å²) in [6, 6.07) is 6.08. The molecule has 1 atom stereocenters. The number of methoxy groups -OCH3 is 1. The topological polar surface area (TPSA) is 31.2 Å². The van der Waals surface area contributed by atoms with Crippen LogP contribution in [0.5, 0.6) is 5.75 Å². The van der Waals surface area contributed by atoms with Crippen LogP contribution in [0.15, 0.2) is 24.4 Å². The van der Waals surface area contributed by atoms with Crippen LogP contribution in [0.25, 0.3) is 10.9 Å². The number of ketones is 1. The Balaban J connectivity index is 2.14. The molecule has 3 rings (SSSR count). The van der Waals surface area contributed by atoms with Gasteiger partial charge in [-0.2, -0.15) is 0 Å². The van der Waals surface area contributed by atoms with Crippen molar-refractivity contribution in [3.63, 3.8) is 0 Å². The normalized spacial score (nSPS) is 19.9. The van der Waals surface area contributed by atoms with E-state index < -0.39 is 0 Å². The van der Waals surface area contributed by atoms with Crippen LogP contribution in [0.3, 0.4) is 0 Å². The number of hydrogen-bond donors (Lipinski definition) is 0. The second kappa shape index (κ2) is 4.72. The minimum absolute atomic E-state index is 0.0737. The molecular formula is C16H19NO2. The summed E-state index contributed by atoms with van der Waals surface area (Å²) < 4.78 is 7.41. The molecule has 1 heterocycles. The van der Waals surface area contributed by atoms with Crippen molar-refractivity contribution in [2.75, 3.05) is 7.11 Å². The fourth-order valence-corrected chi connectivity index (χ4v) is 3.12. The number of fused-ring (bicyclic) bond motifs is 1. The molecule has 0 N–H and O–H groups in total. The Hall–Kier alpha value is -1.77. The zero-order valence-corrected chi connectivity index (χ0v) is 11.5. The largest absolute Gasteiger partial charge is 0.497 e. The zero-order chi connectivity index (χ0) is 13.4. The highest BCUT2D eigenvalue weighted by Crippen LogP contribution is 2.36. The van der Waals surface area contributed by atoms with Crippen LogP contribution in [0.4, 0.5) is 0 Å². The van der Waals surface area contributed by atoms with Crippen LogP contribution in [-0.4, -0.2) is 17.5 Å². The number of rotatable bonds is 2. The van der Waals surface area contributed by atoms with E-state index in [1.807, 2.05) is 19.2 Å². The van der Waals surface area contributed by atoms with Crippen molar-refractivity contribution in [3.05, 3.63) is 30.0 Å². The third kappa shape index (κ3) is 2.03. The van der Waals surface area contributed by atoms with Gasteiger partial charge >= 0.3 is 0 Å². The van der Waals surface area contributed by atoms with Gasteiger partial charge in [-0.05, 0) is 36.6 Å². The highest BCUT2D eigenvalue weighted by Gasteiger charge is 2.26. The van der Waals surface area contributed by atoms with Crippen LogP contribution in [0, 0.1) is 0 Å². The van der Waals surface area contributed by atoms with Crippen LogP contribution < -0.4 is 4.74 Å². The lowest BCUT2D eigenvalue weighted by Gasteiger charge is -2.20. The van der Waals surface area contributed by atoms with Crippen LogP contribution in [-0.2, 0) is 11.8 Å².